The number of rotatable bonds is 16. The first-order chi connectivity index (χ1) is 27.8. The maximum absolute atomic E-state index is 14.7. The van der Waals surface area contributed by atoms with E-state index in [2.05, 4.69) is 16.0 Å². The Hall–Kier alpha value is -3.81. The molecule has 1 unspecified atom stereocenters. The van der Waals surface area contributed by atoms with E-state index in [4.69, 9.17) is 14.2 Å². The van der Waals surface area contributed by atoms with Crippen molar-refractivity contribution < 1.29 is 53.2 Å². The van der Waals surface area contributed by atoms with E-state index in [9.17, 15) is 39.0 Å². The van der Waals surface area contributed by atoms with Crippen LogP contribution in [0.15, 0.2) is 48.5 Å². The normalized spacial score (nSPS) is 12.4. The smallest absolute Gasteiger partial charge is 0.407 e. The van der Waals surface area contributed by atoms with Crippen LogP contribution in [0.1, 0.15) is 65.5 Å². The molecular formula is C40H46I3N5O11. The predicted octanol–water partition coefficient (Wildman–Crippen LogP) is 4.93. The Labute approximate surface area is 382 Å². The summed E-state index contributed by atoms with van der Waals surface area (Å²) >= 11 is 5.62. The van der Waals surface area contributed by atoms with Gasteiger partial charge in [0.25, 0.3) is 17.7 Å². The Morgan fingerprint density at radius 1 is 0.797 bits per heavy atom. The summed E-state index contributed by atoms with van der Waals surface area (Å²) in [6.07, 6.45) is -2.66. The molecule has 16 nitrogen and oxygen atoms in total. The number of hydrogen-bond acceptors (Lipinski definition) is 11. The standard InChI is InChI=1S/C40H46I3N5O11/c1-22(50)57-21-29(52)46-35-33(42)30(36(53)47(5)18-23(51)19-49)32(41)31(34(35)43)37(54)48(17-15-45-39(56)59-40(2,3)4)16-14-44-38(55)58-20-28-26-12-8-6-10-24(26)25-11-7-9-13-27(25)28/h6-13,23,28,49,51H,14-21H2,1-5H3,(H,44,55)(H,45,56)(H,46,52). The van der Waals surface area contributed by atoms with Gasteiger partial charge >= 0.3 is 18.2 Å². The number of carbonyl (C=O) groups excluding carboxylic acids is 6. The quantitative estimate of drug-likeness (QED) is 0.0737. The van der Waals surface area contributed by atoms with Crippen molar-refractivity contribution in [2.45, 2.75) is 45.3 Å². The maximum Gasteiger partial charge on any atom is 0.407 e. The molecule has 19 heteroatoms. The summed E-state index contributed by atoms with van der Waals surface area (Å²) in [5.74, 6) is -2.82. The fraction of sp³-hybridized carbons (Fsp3) is 0.400. The van der Waals surface area contributed by atoms with E-state index in [0.29, 0.717) is 0 Å². The number of benzene rings is 3. The first-order valence-electron chi connectivity index (χ1n) is 18.4. The van der Waals surface area contributed by atoms with Gasteiger partial charge in [0.05, 0.1) is 36.7 Å². The second-order valence-electron chi connectivity index (χ2n) is 14.4. The van der Waals surface area contributed by atoms with E-state index in [0.717, 1.165) is 29.2 Å². The number of carbonyl (C=O) groups is 6. The second-order valence-corrected chi connectivity index (χ2v) is 17.6. The number of likely N-dealkylation sites (N-methyl/N-ethyl adjacent to an activating group) is 1. The van der Waals surface area contributed by atoms with Gasteiger partial charge in [-0.05, 0) is 111 Å². The number of halogens is 3. The van der Waals surface area contributed by atoms with E-state index in [1.807, 2.05) is 116 Å². The van der Waals surface area contributed by atoms with Gasteiger partial charge in [0.1, 0.15) is 12.2 Å². The van der Waals surface area contributed by atoms with E-state index >= 15 is 0 Å². The second kappa shape index (κ2) is 21.6. The lowest BCUT2D eigenvalue weighted by molar-refractivity contribution is -0.144. The third kappa shape index (κ3) is 12.8. The lowest BCUT2D eigenvalue weighted by Gasteiger charge is -2.28. The Balaban J connectivity index is 1.61. The van der Waals surface area contributed by atoms with Gasteiger partial charge in [0.15, 0.2) is 6.61 Å². The monoisotopic (exact) mass is 1150 g/mol. The van der Waals surface area contributed by atoms with Crippen molar-refractivity contribution in [3.63, 3.8) is 0 Å². The fourth-order valence-electron chi connectivity index (χ4n) is 6.16. The average molecular weight is 1150 g/mol. The first kappa shape index (κ1) is 47.9. The largest absolute Gasteiger partial charge is 0.456 e. The number of aliphatic hydroxyl groups excluding tert-OH is 2. The molecule has 4 rings (SSSR count). The van der Waals surface area contributed by atoms with Crippen molar-refractivity contribution >= 4 is 109 Å². The van der Waals surface area contributed by atoms with E-state index in [-0.39, 0.29) is 72.8 Å². The van der Waals surface area contributed by atoms with Crippen LogP contribution in [0.4, 0.5) is 15.3 Å². The SMILES string of the molecule is CC(=O)OCC(=O)Nc1c(I)c(C(=O)N(C)CC(O)CO)c(I)c(C(=O)N(CCNC(=O)OCC2c3ccccc3-c3ccccc32)CCNC(=O)OC(C)(C)C)c1I. The zero-order chi connectivity index (χ0) is 43.6. The van der Waals surface area contributed by atoms with Crippen molar-refractivity contribution in [3.8, 4) is 11.1 Å². The minimum absolute atomic E-state index is 0.0206. The molecule has 0 radical (unpaired) electrons. The molecule has 318 valence electrons. The van der Waals surface area contributed by atoms with Crippen LogP contribution >= 0.6 is 67.8 Å². The lowest BCUT2D eigenvalue weighted by Crippen LogP contribution is -2.44. The molecule has 3 aromatic carbocycles. The zero-order valence-corrected chi connectivity index (χ0v) is 39.5. The number of nitrogens with zero attached hydrogens (tertiary/aromatic N) is 2. The Morgan fingerprint density at radius 3 is 1.85 bits per heavy atom. The molecule has 0 spiro atoms. The number of aliphatic hydroxyl groups is 2. The number of ether oxygens (including phenoxy) is 3. The van der Waals surface area contributed by atoms with Crippen LogP contribution in [-0.2, 0) is 23.8 Å². The van der Waals surface area contributed by atoms with Gasteiger partial charge in [-0.1, -0.05) is 48.5 Å². The van der Waals surface area contributed by atoms with E-state index < -0.39 is 60.8 Å². The van der Waals surface area contributed by atoms with Crippen molar-refractivity contribution in [3.05, 3.63) is 81.5 Å². The molecule has 0 saturated heterocycles. The van der Waals surface area contributed by atoms with Crippen molar-refractivity contribution in [2.24, 2.45) is 0 Å². The van der Waals surface area contributed by atoms with Crippen LogP contribution in [0.3, 0.4) is 0 Å². The fourth-order valence-corrected chi connectivity index (χ4v) is 10.5. The van der Waals surface area contributed by atoms with Gasteiger partial charge < -0.3 is 50.2 Å². The highest BCUT2D eigenvalue weighted by molar-refractivity contribution is 14.1. The molecule has 0 bridgehead atoms. The van der Waals surface area contributed by atoms with E-state index in [1.54, 1.807) is 20.8 Å². The number of amides is 5. The van der Waals surface area contributed by atoms with Crippen LogP contribution in [0.25, 0.3) is 11.1 Å². The van der Waals surface area contributed by atoms with Crippen LogP contribution in [0.5, 0.6) is 0 Å². The van der Waals surface area contributed by atoms with Crippen molar-refractivity contribution in [1.82, 2.24) is 20.4 Å². The minimum atomic E-state index is -1.25. The average Bonchev–Trinajstić information content (AvgIpc) is 3.49. The minimum Gasteiger partial charge on any atom is -0.456 e. The van der Waals surface area contributed by atoms with Crippen LogP contribution in [0.2, 0.25) is 0 Å². The highest BCUT2D eigenvalue weighted by atomic mass is 127. The van der Waals surface area contributed by atoms with Crippen LogP contribution in [-0.4, -0.2) is 127 Å². The first-order valence-corrected chi connectivity index (χ1v) is 21.6. The molecule has 59 heavy (non-hydrogen) atoms. The summed E-state index contributed by atoms with van der Waals surface area (Å²) in [6, 6.07) is 15.9. The Morgan fingerprint density at radius 2 is 1.32 bits per heavy atom. The molecule has 5 amide bonds. The molecular weight excluding hydrogens is 1110 g/mol. The summed E-state index contributed by atoms with van der Waals surface area (Å²) in [5, 5.41) is 27.5. The number of alkyl carbamates (subject to hydrolysis) is 2. The summed E-state index contributed by atoms with van der Waals surface area (Å²) in [7, 11) is 1.41. The van der Waals surface area contributed by atoms with Gasteiger partial charge in [-0.2, -0.15) is 0 Å². The van der Waals surface area contributed by atoms with Crippen molar-refractivity contribution in [2.75, 3.05) is 64.9 Å². The summed E-state index contributed by atoms with van der Waals surface area (Å²) in [4.78, 5) is 81.1. The topological polar surface area (TPSA) is 213 Å². The van der Waals surface area contributed by atoms with Crippen LogP contribution < -0.4 is 16.0 Å². The third-order valence-electron chi connectivity index (χ3n) is 8.79. The lowest BCUT2D eigenvalue weighted by atomic mass is 9.98. The highest BCUT2D eigenvalue weighted by Crippen LogP contribution is 2.44. The van der Waals surface area contributed by atoms with Gasteiger partial charge in [-0.3, -0.25) is 19.2 Å². The molecule has 1 aliphatic carbocycles. The number of hydrogen-bond donors (Lipinski definition) is 5. The molecule has 0 saturated carbocycles. The highest BCUT2D eigenvalue weighted by Gasteiger charge is 2.33. The molecule has 5 N–H and O–H groups in total. The Kier molecular flexibility index (Phi) is 17.5. The van der Waals surface area contributed by atoms with Gasteiger partial charge in [-0.25, -0.2) is 9.59 Å². The predicted molar refractivity (Wildman–Crippen MR) is 243 cm³/mol. The summed E-state index contributed by atoms with van der Waals surface area (Å²) < 4.78 is 16.6. The van der Waals surface area contributed by atoms with E-state index in [1.165, 1.54) is 16.8 Å². The molecule has 0 aromatic heterocycles. The number of esters is 1. The molecule has 1 atom stereocenters. The molecule has 1 aliphatic rings. The molecule has 3 aromatic rings. The van der Waals surface area contributed by atoms with Crippen molar-refractivity contribution in [1.29, 1.82) is 0 Å². The molecule has 0 fully saturated rings. The maximum atomic E-state index is 14.7. The van der Waals surface area contributed by atoms with Crippen LogP contribution in [0, 0.1) is 10.7 Å². The summed E-state index contributed by atoms with van der Waals surface area (Å²) in [5.41, 5.74) is 3.62. The molecule has 0 aliphatic heterocycles. The molecule has 0 heterocycles. The number of fused-ring (bicyclic) bond motifs is 3. The zero-order valence-electron chi connectivity index (χ0n) is 33.0. The van der Waals surface area contributed by atoms with Gasteiger partial charge in [0.2, 0.25) is 0 Å². The third-order valence-corrected chi connectivity index (χ3v) is 12.0. The number of anilines is 1. The number of nitrogens with one attached hydrogen (secondary N) is 3. The van der Waals surface area contributed by atoms with Gasteiger partial charge in [0, 0.05) is 56.2 Å². The van der Waals surface area contributed by atoms with Gasteiger partial charge in [-0.15, -0.1) is 0 Å². The summed E-state index contributed by atoms with van der Waals surface area (Å²) in [6.45, 7) is 4.62. The Bertz CT molecular complexity index is 2030.